The summed E-state index contributed by atoms with van der Waals surface area (Å²) in [6.45, 7) is 5.08. The summed E-state index contributed by atoms with van der Waals surface area (Å²) >= 11 is 0. The minimum Gasteiger partial charge on any atom is -0.295 e. The lowest BCUT2D eigenvalue weighted by molar-refractivity contribution is 0.319. The molecule has 1 saturated heterocycles. The van der Waals surface area contributed by atoms with Crippen LogP contribution in [0.3, 0.4) is 0 Å². The Kier molecular flexibility index (Phi) is 2.19. The molecule has 13 heavy (non-hydrogen) atoms. The van der Waals surface area contributed by atoms with Crippen LogP contribution in [0.2, 0.25) is 0 Å². The van der Waals surface area contributed by atoms with Crippen molar-refractivity contribution >= 4 is 0 Å². The molecule has 1 heteroatoms. The molecule has 0 spiro atoms. The molecule has 0 N–H and O–H groups in total. The number of likely N-dealkylation sites (tertiary alicyclic amines) is 1. The van der Waals surface area contributed by atoms with E-state index in [2.05, 4.69) is 48.9 Å². The van der Waals surface area contributed by atoms with Crippen molar-refractivity contribution in [3.63, 3.8) is 0 Å². The van der Waals surface area contributed by atoms with Gasteiger partial charge in [0.2, 0.25) is 0 Å². The Morgan fingerprint density at radius 2 is 2.00 bits per heavy atom. The maximum atomic E-state index is 4.04. The van der Waals surface area contributed by atoms with E-state index in [4.69, 9.17) is 0 Å². The Hall–Kier alpha value is -1.08. The molecule has 1 unspecified atom stereocenters. The molecule has 0 radical (unpaired) electrons. The molecule has 1 atom stereocenters. The zero-order chi connectivity index (χ0) is 9.26. The highest BCUT2D eigenvalue weighted by Gasteiger charge is 2.24. The number of benzene rings is 1. The van der Waals surface area contributed by atoms with Crippen LogP contribution < -0.4 is 0 Å². The summed E-state index contributed by atoms with van der Waals surface area (Å²) in [5.74, 6) is 0. The average Bonchev–Trinajstić information content (AvgIpc) is 2.47. The fourth-order valence-corrected chi connectivity index (χ4v) is 2.00. The average molecular weight is 173 g/mol. The minimum atomic E-state index is 0.550. The second-order valence-electron chi connectivity index (χ2n) is 3.80. The molecular formula is C12H15N. The summed E-state index contributed by atoms with van der Waals surface area (Å²) in [5, 5.41) is 0. The Morgan fingerprint density at radius 3 is 2.54 bits per heavy atom. The monoisotopic (exact) mass is 173 g/mol. The SMILES string of the molecule is C=C1CC(c2ccccc2)N(C)C1. The highest BCUT2D eigenvalue weighted by atomic mass is 15.1. The van der Waals surface area contributed by atoms with Gasteiger partial charge in [0.15, 0.2) is 0 Å². The van der Waals surface area contributed by atoms with Gasteiger partial charge < -0.3 is 0 Å². The summed E-state index contributed by atoms with van der Waals surface area (Å²) in [6.07, 6.45) is 1.11. The third-order valence-corrected chi connectivity index (χ3v) is 2.67. The molecule has 0 saturated carbocycles. The lowest BCUT2D eigenvalue weighted by Gasteiger charge is -2.18. The lowest BCUT2D eigenvalue weighted by Crippen LogP contribution is -2.17. The van der Waals surface area contributed by atoms with Gasteiger partial charge in [-0.3, -0.25) is 4.90 Å². The van der Waals surface area contributed by atoms with Crippen LogP contribution in [0, 0.1) is 0 Å². The van der Waals surface area contributed by atoms with Crippen LogP contribution in [-0.2, 0) is 0 Å². The first kappa shape index (κ1) is 8.52. The van der Waals surface area contributed by atoms with Crippen molar-refractivity contribution in [2.24, 2.45) is 0 Å². The Bertz CT molecular complexity index is 302. The topological polar surface area (TPSA) is 3.24 Å². The number of hydrogen-bond donors (Lipinski definition) is 0. The van der Waals surface area contributed by atoms with Gasteiger partial charge in [-0.2, -0.15) is 0 Å². The molecule has 1 aromatic rings. The van der Waals surface area contributed by atoms with Gasteiger partial charge >= 0.3 is 0 Å². The van der Waals surface area contributed by atoms with E-state index in [-0.39, 0.29) is 0 Å². The molecular weight excluding hydrogens is 158 g/mol. The fourth-order valence-electron chi connectivity index (χ4n) is 2.00. The largest absolute Gasteiger partial charge is 0.295 e. The third kappa shape index (κ3) is 1.65. The Labute approximate surface area is 79.7 Å². The number of likely N-dealkylation sites (N-methyl/N-ethyl adjacent to an activating group) is 1. The summed E-state index contributed by atoms with van der Waals surface area (Å²) in [6, 6.07) is 11.2. The zero-order valence-corrected chi connectivity index (χ0v) is 8.03. The van der Waals surface area contributed by atoms with E-state index in [9.17, 15) is 0 Å². The van der Waals surface area contributed by atoms with E-state index >= 15 is 0 Å². The van der Waals surface area contributed by atoms with Crippen LogP contribution in [0.4, 0.5) is 0 Å². The fraction of sp³-hybridized carbons (Fsp3) is 0.333. The Morgan fingerprint density at radius 1 is 1.31 bits per heavy atom. The number of hydrogen-bond acceptors (Lipinski definition) is 1. The van der Waals surface area contributed by atoms with Crippen molar-refractivity contribution in [2.75, 3.05) is 13.6 Å². The molecule has 1 nitrogen and oxygen atoms in total. The van der Waals surface area contributed by atoms with Gasteiger partial charge in [0, 0.05) is 12.6 Å². The smallest absolute Gasteiger partial charge is 0.0385 e. The Balaban J connectivity index is 2.23. The quantitative estimate of drug-likeness (QED) is 0.590. The van der Waals surface area contributed by atoms with Crippen molar-refractivity contribution in [3.8, 4) is 0 Å². The molecule has 1 aromatic carbocycles. The van der Waals surface area contributed by atoms with E-state index in [1.54, 1.807) is 0 Å². The van der Waals surface area contributed by atoms with Gasteiger partial charge in [0.1, 0.15) is 0 Å². The van der Waals surface area contributed by atoms with Gasteiger partial charge in [0.05, 0.1) is 0 Å². The van der Waals surface area contributed by atoms with Gasteiger partial charge in [-0.15, -0.1) is 0 Å². The van der Waals surface area contributed by atoms with Gasteiger partial charge in [-0.1, -0.05) is 42.5 Å². The predicted octanol–water partition coefficient (Wildman–Crippen LogP) is 2.62. The first-order valence-corrected chi connectivity index (χ1v) is 4.69. The third-order valence-electron chi connectivity index (χ3n) is 2.67. The zero-order valence-electron chi connectivity index (χ0n) is 8.03. The maximum Gasteiger partial charge on any atom is 0.0385 e. The van der Waals surface area contributed by atoms with Crippen molar-refractivity contribution < 1.29 is 0 Å². The van der Waals surface area contributed by atoms with Crippen LogP contribution in [0.5, 0.6) is 0 Å². The molecule has 0 amide bonds. The minimum absolute atomic E-state index is 0.550. The van der Waals surface area contributed by atoms with Crippen LogP contribution in [0.1, 0.15) is 18.0 Å². The van der Waals surface area contributed by atoms with Gasteiger partial charge in [0.25, 0.3) is 0 Å². The normalized spacial score (nSPS) is 23.8. The predicted molar refractivity (Wildman–Crippen MR) is 55.6 cm³/mol. The number of nitrogens with zero attached hydrogens (tertiary/aromatic N) is 1. The van der Waals surface area contributed by atoms with Crippen LogP contribution in [-0.4, -0.2) is 18.5 Å². The number of rotatable bonds is 1. The van der Waals surface area contributed by atoms with E-state index in [1.165, 1.54) is 11.1 Å². The lowest BCUT2D eigenvalue weighted by atomic mass is 10.0. The van der Waals surface area contributed by atoms with Crippen molar-refractivity contribution in [3.05, 3.63) is 48.0 Å². The molecule has 1 fully saturated rings. The molecule has 1 heterocycles. The van der Waals surface area contributed by atoms with Gasteiger partial charge in [-0.05, 0) is 19.0 Å². The molecule has 0 bridgehead atoms. The van der Waals surface area contributed by atoms with E-state index in [1.807, 2.05) is 0 Å². The summed E-state index contributed by atoms with van der Waals surface area (Å²) < 4.78 is 0. The molecule has 0 aromatic heterocycles. The summed E-state index contributed by atoms with van der Waals surface area (Å²) in [7, 11) is 2.16. The highest BCUT2D eigenvalue weighted by molar-refractivity contribution is 5.24. The molecule has 1 aliphatic heterocycles. The standard InChI is InChI=1S/C12H15N/c1-10-8-12(13(2)9-10)11-6-4-3-5-7-11/h3-7,12H,1,8-9H2,2H3. The second kappa shape index (κ2) is 3.35. The van der Waals surface area contributed by atoms with Crippen molar-refractivity contribution in [1.82, 2.24) is 4.90 Å². The van der Waals surface area contributed by atoms with Crippen molar-refractivity contribution in [2.45, 2.75) is 12.5 Å². The molecule has 2 rings (SSSR count). The maximum absolute atomic E-state index is 4.04. The molecule has 68 valence electrons. The molecule has 0 aliphatic carbocycles. The van der Waals surface area contributed by atoms with Crippen LogP contribution >= 0.6 is 0 Å². The van der Waals surface area contributed by atoms with E-state index in [0.717, 1.165) is 13.0 Å². The second-order valence-corrected chi connectivity index (χ2v) is 3.80. The first-order chi connectivity index (χ1) is 6.27. The van der Waals surface area contributed by atoms with Crippen LogP contribution in [0.15, 0.2) is 42.5 Å². The van der Waals surface area contributed by atoms with Crippen LogP contribution in [0.25, 0.3) is 0 Å². The summed E-state index contributed by atoms with van der Waals surface area (Å²) in [4.78, 5) is 2.36. The molecule has 1 aliphatic rings. The van der Waals surface area contributed by atoms with Crippen molar-refractivity contribution in [1.29, 1.82) is 0 Å². The summed E-state index contributed by atoms with van der Waals surface area (Å²) in [5.41, 5.74) is 2.75. The first-order valence-electron chi connectivity index (χ1n) is 4.69. The van der Waals surface area contributed by atoms with Gasteiger partial charge in [-0.25, -0.2) is 0 Å². The van der Waals surface area contributed by atoms with E-state index < -0.39 is 0 Å². The van der Waals surface area contributed by atoms with E-state index in [0.29, 0.717) is 6.04 Å². The highest BCUT2D eigenvalue weighted by Crippen LogP contribution is 2.32.